The molecule has 2 rings (SSSR count). The number of amides is 3. The molecule has 1 aliphatic heterocycles. The van der Waals surface area contributed by atoms with Gasteiger partial charge in [-0.2, -0.15) is 12.6 Å². The Morgan fingerprint density at radius 3 is 2.61 bits per heavy atom. The zero-order valence-corrected chi connectivity index (χ0v) is 17.9. The Labute approximate surface area is 184 Å². The standard InChI is InChI=1S/C18H28N6O6S/c1-9(25)14(19)17(28)24-4-2-3-13(24)16(27)23-12(7-31)15(26)22-11(18(29)30)5-10-6-20-8-21-10/h6,8-9,11-14,25,31H,2-5,7,19H2,1H3,(H,20,21)(H,22,26)(H,23,27)(H,29,30). The number of nitrogens with zero attached hydrogens (tertiary/aromatic N) is 2. The molecule has 3 amide bonds. The summed E-state index contributed by atoms with van der Waals surface area (Å²) in [5.41, 5.74) is 6.23. The second-order valence-corrected chi connectivity index (χ2v) is 7.75. The molecular weight excluding hydrogens is 428 g/mol. The summed E-state index contributed by atoms with van der Waals surface area (Å²) in [5.74, 6) is -3.16. The topological polar surface area (TPSA) is 191 Å². The van der Waals surface area contributed by atoms with E-state index in [1.54, 1.807) is 0 Å². The average Bonchev–Trinajstić information content (AvgIpc) is 3.41. The first-order valence-corrected chi connectivity index (χ1v) is 10.4. The number of hydrogen-bond donors (Lipinski definition) is 7. The predicted octanol–water partition coefficient (Wildman–Crippen LogP) is -2.36. The average molecular weight is 457 g/mol. The third kappa shape index (κ3) is 6.42. The molecule has 2 heterocycles. The minimum absolute atomic E-state index is 0.0174. The fourth-order valence-corrected chi connectivity index (χ4v) is 3.51. The van der Waals surface area contributed by atoms with Crippen molar-refractivity contribution in [2.24, 2.45) is 5.73 Å². The van der Waals surface area contributed by atoms with Crippen LogP contribution in [0.25, 0.3) is 0 Å². The van der Waals surface area contributed by atoms with Gasteiger partial charge in [0.2, 0.25) is 17.7 Å². The Bertz CT molecular complexity index is 789. The number of likely N-dealkylation sites (tertiary alicyclic amines) is 1. The molecule has 5 atom stereocenters. The van der Waals surface area contributed by atoms with Crippen LogP contribution in [-0.2, 0) is 25.6 Å². The second-order valence-electron chi connectivity index (χ2n) is 7.38. The van der Waals surface area contributed by atoms with Crippen LogP contribution in [0.1, 0.15) is 25.5 Å². The number of aliphatic hydroxyl groups is 1. The van der Waals surface area contributed by atoms with Crippen LogP contribution in [0.2, 0.25) is 0 Å². The van der Waals surface area contributed by atoms with Gasteiger partial charge >= 0.3 is 5.97 Å². The number of aromatic nitrogens is 2. The van der Waals surface area contributed by atoms with E-state index in [0.717, 1.165) is 0 Å². The monoisotopic (exact) mass is 456 g/mol. The highest BCUT2D eigenvalue weighted by Gasteiger charge is 2.38. The molecule has 0 saturated carbocycles. The van der Waals surface area contributed by atoms with Gasteiger partial charge in [-0.15, -0.1) is 0 Å². The Morgan fingerprint density at radius 2 is 2.06 bits per heavy atom. The number of H-pyrrole nitrogens is 1. The summed E-state index contributed by atoms with van der Waals surface area (Å²) >= 11 is 4.09. The predicted molar refractivity (Wildman–Crippen MR) is 112 cm³/mol. The van der Waals surface area contributed by atoms with Crippen LogP contribution in [0, 0.1) is 0 Å². The van der Waals surface area contributed by atoms with Gasteiger partial charge < -0.3 is 36.5 Å². The van der Waals surface area contributed by atoms with Gasteiger partial charge in [0.1, 0.15) is 24.2 Å². The number of nitrogens with one attached hydrogen (secondary N) is 3. The highest BCUT2D eigenvalue weighted by atomic mass is 32.1. The van der Waals surface area contributed by atoms with E-state index in [1.165, 1.54) is 24.3 Å². The molecule has 12 nitrogen and oxygen atoms in total. The molecule has 0 spiro atoms. The lowest BCUT2D eigenvalue weighted by Crippen LogP contribution is -2.58. The third-order valence-electron chi connectivity index (χ3n) is 5.05. The van der Waals surface area contributed by atoms with Crippen LogP contribution in [0.4, 0.5) is 0 Å². The molecule has 0 radical (unpaired) electrons. The first-order chi connectivity index (χ1) is 14.6. The van der Waals surface area contributed by atoms with E-state index >= 15 is 0 Å². The minimum atomic E-state index is -1.24. The Kier molecular flexibility index (Phi) is 8.83. The lowest BCUT2D eigenvalue weighted by atomic mass is 10.1. The Hall–Kier alpha value is -2.64. The normalized spacial score (nSPS) is 19.9. The number of carboxylic acid groups (broad SMARTS) is 1. The van der Waals surface area contributed by atoms with Crippen molar-refractivity contribution in [3.8, 4) is 0 Å². The number of thiol groups is 1. The van der Waals surface area contributed by atoms with Crippen molar-refractivity contribution >= 4 is 36.3 Å². The van der Waals surface area contributed by atoms with Crippen LogP contribution < -0.4 is 16.4 Å². The number of carbonyl (C=O) groups is 4. The molecule has 7 N–H and O–H groups in total. The molecule has 5 unspecified atom stereocenters. The number of aliphatic carboxylic acids is 1. The smallest absolute Gasteiger partial charge is 0.326 e. The SMILES string of the molecule is CC(O)C(N)C(=O)N1CCCC1C(=O)NC(CS)C(=O)NC(Cc1cnc[nH]1)C(=O)O. The third-order valence-corrected chi connectivity index (χ3v) is 5.42. The van der Waals surface area contributed by atoms with E-state index < -0.39 is 54.0 Å². The lowest BCUT2D eigenvalue weighted by molar-refractivity contribution is -0.143. The molecular formula is C18H28N6O6S. The molecule has 31 heavy (non-hydrogen) atoms. The van der Waals surface area contributed by atoms with E-state index in [1.807, 2.05) is 0 Å². The van der Waals surface area contributed by atoms with Crippen molar-refractivity contribution in [1.82, 2.24) is 25.5 Å². The van der Waals surface area contributed by atoms with Crippen molar-refractivity contribution in [2.45, 2.75) is 56.5 Å². The number of imidazole rings is 1. The summed E-state index contributed by atoms with van der Waals surface area (Å²) in [6.45, 7) is 1.69. The van der Waals surface area contributed by atoms with Crippen LogP contribution in [0.15, 0.2) is 12.5 Å². The van der Waals surface area contributed by atoms with Crippen molar-refractivity contribution < 1.29 is 29.4 Å². The second kappa shape index (κ2) is 11.1. The van der Waals surface area contributed by atoms with Crippen LogP contribution in [-0.4, -0.2) is 91.3 Å². The molecule has 1 saturated heterocycles. The van der Waals surface area contributed by atoms with E-state index in [9.17, 15) is 29.4 Å². The Balaban J connectivity index is 2.01. The van der Waals surface area contributed by atoms with E-state index in [2.05, 4.69) is 33.2 Å². The first-order valence-electron chi connectivity index (χ1n) is 9.81. The zero-order valence-electron chi connectivity index (χ0n) is 17.0. The number of rotatable bonds is 10. The molecule has 172 valence electrons. The van der Waals surface area contributed by atoms with E-state index in [-0.39, 0.29) is 12.2 Å². The summed E-state index contributed by atoms with van der Waals surface area (Å²) in [7, 11) is 0. The van der Waals surface area contributed by atoms with Gasteiger partial charge in [-0.3, -0.25) is 14.4 Å². The number of aliphatic hydroxyl groups excluding tert-OH is 1. The molecule has 0 aliphatic carbocycles. The molecule has 1 aromatic heterocycles. The first kappa shape index (κ1) is 24.6. The quantitative estimate of drug-likeness (QED) is 0.190. The van der Waals surface area contributed by atoms with Gasteiger partial charge in [0, 0.05) is 30.6 Å². The molecule has 1 fully saturated rings. The summed E-state index contributed by atoms with van der Waals surface area (Å²) in [6.07, 6.45) is 2.70. The lowest BCUT2D eigenvalue weighted by Gasteiger charge is -2.29. The molecule has 0 bridgehead atoms. The van der Waals surface area contributed by atoms with Gasteiger partial charge in [-0.05, 0) is 19.8 Å². The van der Waals surface area contributed by atoms with Crippen molar-refractivity contribution in [1.29, 1.82) is 0 Å². The van der Waals surface area contributed by atoms with E-state index in [0.29, 0.717) is 25.1 Å². The van der Waals surface area contributed by atoms with Crippen LogP contribution in [0.5, 0.6) is 0 Å². The van der Waals surface area contributed by atoms with E-state index in [4.69, 9.17) is 5.73 Å². The summed E-state index contributed by atoms with van der Waals surface area (Å²) in [5, 5.41) is 23.9. The van der Waals surface area contributed by atoms with Gasteiger partial charge in [-0.25, -0.2) is 9.78 Å². The van der Waals surface area contributed by atoms with Crippen molar-refractivity contribution in [3.05, 3.63) is 18.2 Å². The van der Waals surface area contributed by atoms with Gasteiger partial charge in [0.25, 0.3) is 0 Å². The Morgan fingerprint density at radius 1 is 1.35 bits per heavy atom. The maximum atomic E-state index is 12.8. The maximum Gasteiger partial charge on any atom is 0.326 e. The number of hydrogen-bond acceptors (Lipinski definition) is 8. The molecule has 1 aliphatic rings. The number of aromatic amines is 1. The van der Waals surface area contributed by atoms with Crippen LogP contribution in [0.3, 0.4) is 0 Å². The molecule has 0 aromatic carbocycles. The summed E-state index contributed by atoms with van der Waals surface area (Å²) < 4.78 is 0. The maximum absolute atomic E-state index is 12.8. The zero-order chi connectivity index (χ0) is 23.1. The largest absolute Gasteiger partial charge is 0.480 e. The highest BCUT2D eigenvalue weighted by molar-refractivity contribution is 7.80. The van der Waals surface area contributed by atoms with Gasteiger partial charge in [0.05, 0.1) is 12.4 Å². The molecule has 13 heteroatoms. The number of carboxylic acids is 1. The van der Waals surface area contributed by atoms with Gasteiger partial charge in [0.15, 0.2) is 0 Å². The fraction of sp³-hybridized carbons (Fsp3) is 0.611. The number of carbonyl (C=O) groups excluding carboxylic acids is 3. The van der Waals surface area contributed by atoms with Crippen molar-refractivity contribution in [2.75, 3.05) is 12.3 Å². The highest BCUT2D eigenvalue weighted by Crippen LogP contribution is 2.19. The number of nitrogens with two attached hydrogens (primary N) is 1. The summed E-state index contributed by atoms with van der Waals surface area (Å²) in [4.78, 5) is 57.2. The molecule has 1 aromatic rings. The van der Waals surface area contributed by atoms with Crippen molar-refractivity contribution in [3.63, 3.8) is 0 Å². The minimum Gasteiger partial charge on any atom is -0.480 e. The van der Waals surface area contributed by atoms with Crippen LogP contribution >= 0.6 is 12.6 Å². The fourth-order valence-electron chi connectivity index (χ4n) is 3.25. The summed E-state index contributed by atoms with van der Waals surface area (Å²) in [6, 6.07) is -4.34. The van der Waals surface area contributed by atoms with Gasteiger partial charge in [-0.1, -0.05) is 0 Å².